The second kappa shape index (κ2) is 11.1. The number of nitrogens with one attached hydrogen (secondary N) is 1. The number of carboxylic acid groups (broad SMARTS) is 1. The number of anilines is 1. The minimum atomic E-state index is -1.05. The van der Waals surface area contributed by atoms with Crippen molar-refractivity contribution in [3.05, 3.63) is 73.9 Å². The maximum absolute atomic E-state index is 13.6. The van der Waals surface area contributed by atoms with Crippen LogP contribution in [0.5, 0.6) is 5.75 Å². The largest absolute Gasteiger partial charge is 0.491 e. The van der Waals surface area contributed by atoms with Gasteiger partial charge in [-0.15, -0.1) is 11.3 Å². The predicted molar refractivity (Wildman–Crippen MR) is 158 cm³/mol. The normalized spacial score (nSPS) is 11.2. The molecule has 0 fully saturated rings. The fourth-order valence-corrected chi connectivity index (χ4v) is 5.75. The summed E-state index contributed by atoms with van der Waals surface area (Å²) in [5, 5.41) is 23.3. The van der Waals surface area contributed by atoms with Gasteiger partial charge in [0.2, 0.25) is 0 Å². The molecule has 0 aliphatic rings. The molecule has 1 aromatic carbocycles. The van der Waals surface area contributed by atoms with Crippen LogP contribution in [0.1, 0.15) is 27.4 Å². The van der Waals surface area contributed by atoms with Crippen molar-refractivity contribution in [1.82, 2.24) is 24.5 Å². The van der Waals surface area contributed by atoms with Crippen molar-refractivity contribution in [3.8, 4) is 22.9 Å². The lowest BCUT2D eigenvalue weighted by molar-refractivity contribution is 0.0699. The molecule has 0 aliphatic carbocycles. The third-order valence-corrected chi connectivity index (χ3v) is 7.56. The summed E-state index contributed by atoms with van der Waals surface area (Å²) < 4.78 is 8.34. The molecule has 0 aliphatic heterocycles. The standard InChI is InChI=1S/C28H24ClN7O4S/c1-14-9-18(25-24(32-14)20(13-41-25)28(38)39)17-10-16(29)5-6-22(17)40-8-7-36-15(2)33-21-12-31-26(34-35(3)4)19(11-30)23(21)27(36)37/h5-6,9-10,12-13H,7-8H2,1-4H3,(H,31,34)(H,38,39). The fourth-order valence-electron chi connectivity index (χ4n) is 4.56. The van der Waals surface area contributed by atoms with E-state index in [0.29, 0.717) is 43.6 Å². The zero-order valence-electron chi connectivity index (χ0n) is 22.5. The van der Waals surface area contributed by atoms with E-state index in [0.717, 1.165) is 5.56 Å². The number of fused-ring (bicyclic) bond motifs is 2. The number of hydrogen-bond acceptors (Lipinski definition) is 10. The molecule has 4 heterocycles. The highest BCUT2D eigenvalue weighted by atomic mass is 35.5. The Hall–Kier alpha value is -4.57. The molecule has 0 radical (unpaired) electrons. The average Bonchev–Trinajstić information content (AvgIpc) is 3.34. The Morgan fingerprint density at radius 3 is 2.73 bits per heavy atom. The number of aryl methyl sites for hydroxylation is 2. The van der Waals surface area contributed by atoms with Gasteiger partial charge in [-0.2, -0.15) is 5.26 Å². The summed E-state index contributed by atoms with van der Waals surface area (Å²) in [5.74, 6) is 0.172. The highest BCUT2D eigenvalue weighted by molar-refractivity contribution is 7.18. The van der Waals surface area contributed by atoms with Crippen LogP contribution in [0.3, 0.4) is 0 Å². The molecule has 4 aromatic heterocycles. The number of pyridine rings is 2. The van der Waals surface area contributed by atoms with E-state index in [1.54, 1.807) is 56.5 Å². The molecular weight excluding hydrogens is 566 g/mol. The van der Waals surface area contributed by atoms with Gasteiger partial charge in [-0.05, 0) is 38.1 Å². The maximum Gasteiger partial charge on any atom is 0.338 e. The summed E-state index contributed by atoms with van der Waals surface area (Å²) in [4.78, 5) is 38.5. The second-order valence-corrected chi connectivity index (χ2v) is 10.7. The van der Waals surface area contributed by atoms with E-state index in [4.69, 9.17) is 16.3 Å². The monoisotopic (exact) mass is 589 g/mol. The summed E-state index contributed by atoms with van der Waals surface area (Å²) in [6, 6.07) is 9.13. The number of thiophene rings is 1. The maximum atomic E-state index is 13.6. The minimum absolute atomic E-state index is 0.108. The van der Waals surface area contributed by atoms with E-state index in [9.17, 15) is 20.0 Å². The van der Waals surface area contributed by atoms with Crippen LogP contribution in [0.15, 0.2) is 40.6 Å². The highest BCUT2D eigenvalue weighted by Gasteiger charge is 2.20. The number of rotatable bonds is 8. The zero-order valence-corrected chi connectivity index (χ0v) is 24.1. The van der Waals surface area contributed by atoms with E-state index in [2.05, 4.69) is 26.4 Å². The Morgan fingerprint density at radius 2 is 2.02 bits per heavy atom. The van der Waals surface area contributed by atoms with Gasteiger partial charge >= 0.3 is 5.97 Å². The lowest BCUT2D eigenvalue weighted by Crippen LogP contribution is -2.28. The summed E-state index contributed by atoms with van der Waals surface area (Å²) in [7, 11) is 3.51. The Bertz CT molecular complexity index is 1940. The molecule has 41 heavy (non-hydrogen) atoms. The first-order chi connectivity index (χ1) is 19.6. The molecule has 0 saturated carbocycles. The third-order valence-electron chi connectivity index (χ3n) is 6.32. The molecule has 0 spiro atoms. The lowest BCUT2D eigenvalue weighted by Gasteiger charge is -2.17. The molecule has 0 saturated heterocycles. The van der Waals surface area contributed by atoms with Crippen molar-refractivity contribution in [3.63, 3.8) is 0 Å². The van der Waals surface area contributed by atoms with Crippen LogP contribution in [0, 0.1) is 25.2 Å². The number of ether oxygens (including phenoxy) is 1. The molecule has 208 valence electrons. The van der Waals surface area contributed by atoms with Crippen molar-refractivity contribution in [2.75, 3.05) is 26.1 Å². The van der Waals surface area contributed by atoms with Gasteiger partial charge in [0.25, 0.3) is 5.56 Å². The van der Waals surface area contributed by atoms with Gasteiger partial charge in [0, 0.05) is 41.3 Å². The first kappa shape index (κ1) is 28.0. The first-order valence-corrected chi connectivity index (χ1v) is 13.6. The molecule has 0 atom stereocenters. The number of nitrogens with zero attached hydrogens (tertiary/aromatic N) is 6. The Kier molecular flexibility index (Phi) is 7.59. The lowest BCUT2D eigenvalue weighted by atomic mass is 10.0. The summed E-state index contributed by atoms with van der Waals surface area (Å²) in [5.41, 5.74) is 5.61. The predicted octanol–water partition coefficient (Wildman–Crippen LogP) is 4.88. The van der Waals surface area contributed by atoms with Crippen LogP contribution >= 0.6 is 22.9 Å². The van der Waals surface area contributed by atoms with Gasteiger partial charge in [-0.3, -0.25) is 14.3 Å². The van der Waals surface area contributed by atoms with E-state index in [1.807, 2.05) is 6.07 Å². The quantitative estimate of drug-likeness (QED) is 0.240. The van der Waals surface area contributed by atoms with Gasteiger partial charge in [0.1, 0.15) is 29.8 Å². The van der Waals surface area contributed by atoms with Gasteiger partial charge in [-0.1, -0.05) is 11.6 Å². The highest BCUT2D eigenvalue weighted by Crippen LogP contribution is 2.40. The molecule has 13 heteroatoms. The molecule has 0 bridgehead atoms. The number of benzene rings is 1. The Labute approximate surface area is 243 Å². The van der Waals surface area contributed by atoms with Crippen molar-refractivity contribution in [1.29, 1.82) is 5.26 Å². The molecule has 0 unspecified atom stereocenters. The molecule has 2 N–H and O–H groups in total. The van der Waals surface area contributed by atoms with Crippen LogP contribution < -0.4 is 15.7 Å². The number of hydrogen-bond donors (Lipinski definition) is 2. The van der Waals surface area contributed by atoms with Gasteiger partial charge in [-0.25, -0.2) is 19.8 Å². The van der Waals surface area contributed by atoms with E-state index in [1.165, 1.54) is 22.1 Å². The Balaban J connectivity index is 1.51. The van der Waals surface area contributed by atoms with Gasteiger partial charge < -0.3 is 15.3 Å². The van der Waals surface area contributed by atoms with E-state index >= 15 is 0 Å². The van der Waals surface area contributed by atoms with Crippen LogP contribution in [-0.2, 0) is 6.54 Å². The zero-order chi connectivity index (χ0) is 29.4. The topological polar surface area (TPSA) is 146 Å². The number of carboxylic acids is 1. The Morgan fingerprint density at radius 1 is 1.24 bits per heavy atom. The SMILES string of the molecule is Cc1cc(-c2cc(Cl)ccc2OCCn2c(C)nc3cnc(NN(C)C)c(C#N)c3c2=O)c2scc(C(=O)O)c2n1. The molecule has 0 amide bonds. The van der Waals surface area contributed by atoms with E-state index in [-0.39, 0.29) is 41.0 Å². The van der Waals surface area contributed by atoms with E-state index < -0.39 is 5.97 Å². The average molecular weight is 590 g/mol. The number of carbonyl (C=O) groups is 1. The summed E-state index contributed by atoms with van der Waals surface area (Å²) >= 11 is 7.64. The fraction of sp³-hybridized carbons (Fsp3) is 0.214. The van der Waals surface area contributed by atoms with Crippen molar-refractivity contribution in [2.45, 2.75) is 20.4 Å². The third kappa shape index (κ3) is 5.30. The molecular formula is C28H24ClN7O4S. The van der Waals surface area contributed by atoms with Crippen molar-refractivity contribution < 1.29 is 14.6 Å². The summed E-state index contributed by atoms with van der Waals surface area (Å²) in [6.07, 6.45) is 1.47. The van der Waals surface area contributed by atoms with Crippen LogP contribution in [0.4, 0.5) is 5.82 Å². The number of hydrazine groups is 1. The summed E-state index contributed by atoms with van der Waals surface area (Å²) in [6.45, 7) is 3.77. The van der Waals surface area contributed by atoms with Crippen LogP contribution in [0.25, 0.3) is 32.2 Å². The van der Waals surface area contributed by atoms with Crippen LogP contribution in [-0.4, -0.2) is 56.3 Å². The molecule has 11 nitrogen and oxygen atoms in total. The molecule has 5 rings (SSSR count). The number of nitriles is 1. The molecule has 5 aromatic rings. The number of aromatic carboxylic acids is 1. The number of aromatic nitrogens is 4. The second-order valence-electron chi connectivity index (χ2n) is 9.41. The minimum Gasteiger partial charge on any atom is -0.491 e. The van der Waals surface area contributed by atoms with Crippen molar-refractivity contribution in [2.24, 2.45) is 0 Å². The number of halogens is 1. The smallest absolute Gasteiger partial charge is 0.338 e. The van der Waals surface area contributed by atoms with Gasteiger partial charge in [0.15, 0.2) is 5.82 Å². The first-order valence-electron chi connectivity index (χ1n) is 12.4. The van der Waals surface area contributed by atoms with Crippen molar-refractivity contribution >= 4 is 55.8 Å². The van der Waals surface area contributed by atoms with Crippen LogP contribution in [0.2, 0.25) is 5.02 Å². The van der Waals surface area contributed by atoms with Gasteiger partial charge in [0.05, 0.1) is 39.4 Å².